The minimum absolute atomic E-state index is 0.00407. The molecule has 0 rings (SSSR count). The number of aliphatic hydroxyl groups is 1. The Kier molecular flexibility index (Phi) is 6.88. The fraction of sp³-hybridized carbons (Fsp3) is 0.875. The van der Waals surface area contributed by atoms with E-state index in [0.717, 1.165) is 0 Å². The molecule has 15 heavy (non-hydrogen) atoms. The van der Waals surface area contributed by atoms with Gasteiger partial charge in [-0.15, -0.1) is 0 Å². The quantitative estimate of drug-likeness (QED) is 0.587. The predicted octanol–water partition coefficient (Wildman–Crippen LogP) is 1.26. The summed E-state index contributed by atoms with van der Waals surface area (Å²) < 4.78 is 2.78. The van der Waals surface area contributed by atoms with E-state index in [-0.39, 0.29) is 6.54 Å². The normalized spacial score (nSPS) is 15.9. The number of hydrogen-bond acceptors (Lipinski definition) is 4. The van der Waals surface area contributed by atoms with Gasteiger partial charge in [0.25, 0.3) is 0 Å². The highest BCUT2D eigenvalue weighted by Gasteiger charge is 2.31. The summed E-state index contributed by atoms with van der Waals surface area (Å²) in [5.41, 5.74) is 0. The molecule has 0 aliphatic heterocycles. The zero-order chi connectivity index (χ0) is 12.1. The van der Waals surface area contributed by atoms with E-state index in [9.17, 15) is 9.90 Å². The van der Waals surface area contributed by atoms with Crippen LogP contribution in [0.1, 0.15) is 13.3 Å². The van der Waals surface area contributed by atoms with Crippen molar-refractivity contribution in [3.63, 3.8) is 0 Å². The second kappa shape index (κ2) is 6.76. The van der Waals surface area contributed by atoms with Crippen molar-refractivity contribution >= 4 is 40.8 Å². The summed E-state index contributed by atoms with van der Waals surface area (Å²) in [4.78, 5) is 11.1. The topological polar surface area (TPSA) is 58.6 Å². The fourth-order valence-corrected chi connectivity index (χ4v) is 1.14. The van der Waals surface area contributed by atoms with Gasteiger partial charge in [-0.25, -0.2) is 0 Å². The molecule has 0 aliphatic carbocycles. The van der Waals surface area contributed by atoms with Gasteiger partial charge >= 0.3 is 5.97 Å². The highest BCUT2D eigenvalue weighted by Crippen LogP contribution is 2.29. The molecule has 4 nitrogen and oxygen atoms in total. The summed E-state index contributed by atoms with van der Waals surface area (Å²) in [5, 5.41) is 12.1. The molecule has 0 amide bonds. The smallest absolute Gasteiger partial charge is 0.322 e. The molecule has 7 heteroatoms. The van der Waals surface area contributed by atoms with Gasteiger partial charge in [-0.05, 0) is 6.42 Å². The summed E-state index contributed by atoms with van der Waals surface area (Å²) in [7, 11) is 1.29. The van der Waals surface area contributed by atoms with E-state index in [1.54, 1.807) is 6.92 Å². The highest BCUT2D eigenvalue weighted by molar-refractivity contribution is 6.68. The molecule has 0 saturated heterocycles. The molecular formula is C8H14Cl3NO3. The molecular weight excluding hydrogens is 264 g/mol. The van der Waals surface area contributed by atoms with Gasteiger partial charge in [-0.3, -0.25) is 4.79 Å². The lowest BCUT2D eigenvalue weighted by Gasteiger charge is -2.21. The van der Waals surface area contributed by atoms with E-state index in [1.165, 1.54) is 7.11 Å². The average molecular weight is 279 g/mol. The Morgan fingerprint density at radius 1 is 1.53 bits per heavy atom. The number of halogens is 3. The van der Waals surface area contributed by atoms with Gasteiger partial charge in [0.15, 0.2) is 0 Å². The number of methoxy groups -OCH3 is 1. The van der Waals surface area contributed by atoms with Gasteiger partial charge in [0.1, 0.15) is 12.1 Å². The molecule has 0 radical (unpaired) electrons. The monoisotopic (exact) mass is 277 g/mol. The zero-order valence-electron chi connectivity index (χ0n) is 8.47. The molecule has 90 valence electrons. The molecule has 2 atom stereocenters. The summed E-state index contributed by atoms with van der Waals surface area (Å²) in [6.45, 7) is 1.81. The maximum atomic E-state index is 11.1. The number of aliphatic hydroxyl groups excluding tert-OH is 1. The van der Waals surface area contributed by atoms with Gasteiger partial charge in [-0.2, -0.15) is 0 Å². The Bertz CT molecular complexity index is 208. The standard InChI is InChI=1S/C8H14Cl3NO3/c1-3-5(7(14)15-2)12-4-6(13)8(9,10)11/h5-6,12-13H,3-4H2,1-2H3. The lowest BCUT2D eigenvalue weighted by Crippen LogP contribution is -2.44. The molecule has 0 aliphatic rings. The van der Waals surface area contributed by atoms with Crippen LogP contribution in [0.3, 0.4) is 0 Å². The lowest BCUT2D eigenvalue weighted by molar-refractivity contribution is -0.143. The fourth-order valence-electron chi connectivity index (χ4n) is 0.906. The first-order chi connectivity index (χ1) is 6.82. The average Bonchev–Trinajstić information content (AvgIpc) is 2.16. The maximum absolute atomic E-state index is 11.1. The van der Waals surface area contributed by atoms with E-state index >= 15 is 0 Å². The van der Waals surface area contributed by atoms with Crippen molar-refractivity contribution in [2.75, 3.05) is 13.7 Å². The first-order valence-electron chi connectivity index (χ1n) is 4.38. The number of rotatable bonds is 5. The van der Waals surface area contributed by atoms with Crippen LogP contribution in [0.2, 0.25) is 0 Å². The Morgan fingerprint density at radius 3 is 2.40 bits per heavy atom. The third-order valence-corrected chi connectivity index (χ3v) is 2.59. The highest BCUT2D eigenvalue weighted by atomic mass is 35.6. The van der Waals surface area contributed by atoms with Gasteiger partial charge in [-0.1, -0.05) is 41.7 Å². The summed E-state index contributed by atoms with van der Waals surface area (Å²) >= 11 is 16.3. The second-order valence-corrected chi connectivity index (χ2v) is 5.32. The number of nitrogens with one attached hydrogen (secondary N) is 1. The number of esters is 1. The minimum atomic E-state index is -1.76. The molecule has 0 saturated carbocycles. The molecule has 0 aromatic heterocycles. The van der Waals surface area contributed by atoms with Crippen molar-refractivity contribution in [2.24, 2.45) is 0 Å². The first-order valence-corrected chi connectivity index (χ1v) is 5.52. The molecule has 0 heterocycles. The van der Waals surface area contributed by atoms with Crippen LogP contribution in [0.15, 0.2) is 0 Å². The van der Waals surface area contributed by atoms with Crippen LogP contribution in [-0.2, 0) is 9.53 Å². The first kappa shape index (κ1) is 15.3. The number of carbonyl (C=O) groups excluding carboxylic acids is 1. The second-order valence-electron chi connectivity index (χ2n) is 2.95. The van der Waals surface area contributed by atoms with Crippen molar-refractivity contribution < 1.29 is 14.6 Å². The van der Waals surface area contributed by atoms with Gasteiger partial charge < -0.3 is 15.2 Å². The molecule has 0 aromatic carbocycles. The van der Waals surface area contributed by atoms with Gasteiger partial charge in [0.2, 0.25) is 3.79 Å². The SMILES string of the molecule is CCC(NCC(O)C(Cl)(Cl)Cl)C(=O)OC. The summed E-state index contributed by atoms with van der Waals surface area (Å²) in [6.07, 6.45) is -0.652. The number of hydrogen-bond donors (Lipinski definition) is 2. The largest absolute Gasteiger partial charge is 0.468 e. The van der Waals surface area contributed by atoms with Crippen LogP contribution in [0, 0.1) is 0 Å². The molecule has 2 N–H and O–H groups in total. The molecule has 2 unspecified atom stereocenters. The predicted molar refractivity (Wildman–Crippen MR) is 60.4 cm³/mol. The molecule has 0 aromatic rings. The van der Waals surface area contributed by atoms with Gasteiger partial charge in [0, 0.05) is 6.54 Å². The van der Waals surface area contributed by atoms with Crippen molar-refractivity contribution in [3.8, 4) is 0 Å². The Morgan fingerprint density at radius 2 is 2.07 bits per heavy atom. The summed E-state index contributed by atoms with van der Waals surface area (Å²) in [6, 6.07) is -0.503. The van der Waals surface area contributed by atoms with Crippen LogP contribution >= 0.6 is 34.8 Å². The van der Waals surface area contributed by atoms with Crippen molar-refractivity contribution in [1.82, 2.24) is 5.32 Å². The molecule has 0 bridgehead atoms. The zero-order valence-corrected chi connectivity index (χ0v) is 10.7. The van der Waals surface area contributed by atoms with Crippen LogP contribution in [0.4, 0.5) is 0 Å². The number of carbonyl (C=O) groups is 1. The van der Waals surface area contributed by atoms with E-state index in [0.29, 0.717) is 6.42 Å². The lowest BCUT2D eigenvalue weighted by atomic mass is 10.2. The van der Waals surface area contributed by atoms with Crippen LogP contribution in [-0.4, -0.2) is 40.7 Å². The van der Waals surface area contributed by atoms with Crippen molar-refractivity contribution in [2.45, 2.75) is 29.3 Å². The molecule has 0 spiro atoms. The number of alkyl halides is 3. The van der Waals surface area contributed by atoms with E-state index in [1.807, 2.05) is 0 Å². The Labute approximate surface area is 104 Å². The number of ether oxygens (including phenoxy) is 1. The van der Waals surface area contributed by atoms with Crippen molar-refractivity contribution in [1.29, 1.82) is 0 Å². The Balaban J connectivity index is 4.07. The third kappa shape index (κ3) is 5.78. The van der Waals surface area contributed by atoms with Crippen LogP contribution in [0.5, 0.6) is 0 Å². The third-order valence-electron chi connectivity index (χ3n) is 1.83. The van der Waals surface area contributed by atoms with Crippen LogP contribution < -0.4 is 5.32 Å². The minimum Gasteiger partial charge on any atom is -0.468 e. The molecule has 0 fully saturated rings. The van der Waals surface area contributed by atoms with Crippen molar-refractivity contribution in [3.05, 3.63) is 0 Å². The van der Waals surface area contributed by atoms with E-state index in [2.05, 4.69) is 10.1 Å². The summed E-state index contributed by atoms with van der Waals surface area (Å²) in [5.74, 6) is -0.408. The van der Waals surface area contributed by atoms with E-state index < -0.39 is 21.9 Å². The van der Waals surface area contributed by atoms with Gasteiger partial charge in [0.05, 0.1) is 7.11 Å². The van der Waals surface area contributed by atoms with E-state index in [4.69, 9.17) is 34.8 Å². The van der Waals surface area contributed by atoms with Crippen LogP contribution in [0.25, 0.3) is 0 Å². The Hall–Kier alpha value is 0.260. The maximum Gasteiger partial charge on any atom is 0.322 e.